The number of Topliss-reactive ketones (excluding diaryl/α,β-unsaturated/α-hetero) is 1. The first-order valence-corrected chi connectivity index (χ1v) is 8.26. The number of carbonyl (C=O) groups excluding carboxylic acids is 2. The Hall–Kier alpha value is -2.62. The number of ketones is 1. The molecule has 0 spiro atoms. The maximum atomic E-state index is 12.6. The van der Waals surface area contributed by atoms with E-state index >= 15 is 0 Å². The zero-order chi connectivity index (χ0) is 18.6. The Morgan fingerprint density at radius 1 is 0.960 bits per heavy atom. The molecule has 1 atom stereocenters. The first kappa shape index (κ1) is 18.7. The fourth-order valence-electron chi connectivity index (χ4n) is 2.65. The summed E-state index contributed by atoms with van der Waals surface area (Å²) in [7, 11) is 1.59. The molecular formula is C21H24O4. The summed E-state index contributed by atoms with van der Waals surface area (Å²) in [5.74, 6) is 0.127. The van der Waals surface area contributed by atoms with Crippen LogP contribution in [0.25, 0.3) is 0 Å². The van der Waals surface area contributed by atoms with Gasteiger partial charge in [-0.2, -0.15) is 0 Å². The maximum Gasteiger partial charge on any atom is 0.310 e. The van der Waals surface area contributed by atoms with Crippen molar-refractivity contribution in [3.05, 3.63) is 64.2 Å². The summed E-state index contributed by atoms with van der Waals surface area (Å²) in [5, 5.41) is 0. The minimum absolute atomic E-state index is 0.119. The average molecular weight is 340 g/mol. The average Bonchev–Trinajstić information content (AvgIpc) is 2.58. The second kappa shape index (κ2) is 7.97. The molecule has 0 aliphatic heterocycles. The van der Waals surface area contributed by atoms with Gasteiger partial charge in [-0.05, 0) is 68.1 Å². The lowest BCUT2D eigenvalue weighted by atomic mass is 9.96. The largest absolute Gasteiger partial charge is 0.497 e. The van der Waals surface area contributed by atoms with Crippen LogP contribution in [0.1, 0.15) is 39.5 Å². The molecule has 0 heterocycles. The van der Waals surface area contributed by atoms with Crippen molar-refractivity contribution in [3.8, 4) is 5.75 Å². The van der Waals surface area contributed by atoms with Crippen LogP contribution in [0.15, 0.2) is 36.4 Å². The van der Waals surface area contributed by atoms with E-state index in [-0.39, 0.29) is 12.2 Å². The van der Waals surface area contributed by atoms with Crippen LogP contribution in [-0.2, 0) is 16.0 Å². The predicted octanol–water partition coefficient (Wildman–Crippen LogP) is 3.98. The summed E-state index contributed by atoms with van der Waals surface area (Å²) in [6.45, 7) is 7.48. The summed E-state index contributed by atoms with van der Waals surface area (Å²) in [6, 6.07) is 11.0. The molecular weight excluding hydrogens is 316 g/mol. The fraction of sp³-hybridized carbons (Fsp3) is 0.333. The monoisotopic (exact) mass is 340 g/mol. The number of aryl methyl sites for hydroxylation is 3. The molecule has 2 aromatic carbocycles. The first-order chi connectivity index (χ1) is 11.8. The molecule has 0 fully saturated rings. The number of hydrogen-bond donors (Lipinski definition) is 0. The van der Waals surface area contributed by atoms with E-state index in [1.807, 2.05) is 32.9 Å². The molecule has 0 aromatic heterocycles. The van der Waals surface area contributed by atoms with Crippen LogP contribution in [0.2, 0.25) is 0 Å². The van der Waals surface area contributed by atoms with Gasteiger partial charge in [-0.1, -0.05) is 18.2 Å². The van der Waals surface area contributed by atoms with Gasteiger partial charge in [-0.15, -0.1) is 0 Å². The highest BCUT2D eigenvalue weighted by Gasteiger charge is 2.21. The van der Waals surface area contributed by atoms with Crippen molar-refractivity contribution in [2.45, 2.75) is 40.2 Å². The lowest BCUT2D eigenvalue weighted by Crippen LogP contribution is -2.26. The molecule has 4 nitrogen and oxygen atoms in total. The molecule has 0 radical (unpaired) electrons. The van der Waals surface area contributed by atoms with E-state index in [1.54, 1.807) is 38.3 Å². The van der Waals surface area contributed by atoms with Crippen molar-refractivity contribution in [3.63, 3.8) is 0 Å². The molecule has 0 amide bonds. The standard InChI is InChI=1S/C21H24O4/c1-13-10-15(3)19(11-14(13)2)21(23)16(4)25-20(22)12-17-6-8-18(24-5)9-7-17/h6-11,16H,12H2,1-5H3/t16-/m1/s1. The molecule has 0 saturated carbocycles. The topological polar surface area (TPSA) is 52.6 Å². The maximum absolute atomic E-state index is 12.6. The lowest BCUT2D eigenvalue weighted by molar-refractivity contribution is -0.145. The van der Waals surface area contributed by atoms with Crippen LogP contribution < -0.4 is 4.74 Å². The number of esters is 1. The number of carbonyl (C=O) groups is 2. The Balaban J connectivity index is 2.02. The Labute approximate surface area is 148 Å². The number of benzene rings is 2. The summed E-state index contributed by atoms with van der Waals surface area (Å²) in [6.07, 6.45) is -0.695. The second-order valence-corrected chi connectivity index (χ2v) is 6.27. The SMILES string of the molecule is COc1ccc(CC(=O)O[C@H](C)C(=O)c2cc(C)c(C)cc2C)cc1. The predicted molar refractivity (Wildman–Crippen MR) is 97.2 cm³/mol. The van der Waals surface area contributed by atoms with Gasteiger partial charge in [0.15, 0.2) is 6.10 Å². The number of rotatable bonds is 6. The summed E-state index contributed by atoms with van der Waals surface area (Å²) >= 11 is 0. The van der Waals surface area contributed by atoms with Gasteiger partial charge in [0, 0.05) is 5.56 Å². The van der Waals surface area contributed by atoms with E-state index in [9.17, 15) is 9.59 Å². The number of ether oxygens (including phenoxy) is 2. The molecule has 25 heavy (non-hydrogen) atoms. The van der Waals surface area contributed by atoms with E-state index in [0.717, 1.165) is 28.0 Å². The van der Waals surface area contributed by atoms with Crippen LogP contribution >= 0.6 is 0 Å². The van der Waals surface area contributed by atoms with Crippen molar-refractivity contribution >= 4 is 11.8 Å². The minimum Gasteiger partial charge on any atom is -0.497 e. The van der Waals surface area contributed by atoms with Gasteiger partial charge in [0.2, 0.25) is 5.78 Å². The van der Waals surface area contributed by atoms with Crippen molar-refractivity contribution < 1.29 is 19.1 Å². The Kier molecular flexibility index (Phi) is 5.97. The van der Waals surface area contributed by atoms with Crippen LogP contribution in [0.4, 0.5) is 0 Å². The molecule has 0 saturated heterocycles. The molecule has 0 bridgehead atoms. The van der Waals surface area contributed by atoms with Crippen LogP contribution in [-0.4, -0.2) is 25.0 Å². The third kappa shape index (κ3) is 4.69. The van der Waals surface area contributed by atoms with Gasteiger partial charge in [0.1, 0.15) is 5.75 Å². The van der Waals surface area contributed by atoms with E-state index in [4.69, 9.17) is 9.47 Å². The van der Waals surface area contributed by atoms with Crippen molar-refractivity contribution in [2.75, 3.05) is 7.11 Å². The minimum atomic E-state index is -0.813. The second-order valence-electron chi connectivity index (χ2n) is 6.27. The number of hydrogen-bond acceptors (Lipinski definition) is 4. The zero-order valence-corrected chi connectivity index (χ0v) is 15.4. The highest BCUT2D eigenvalue weighted by Crippen LogP contribution is 2.18. The third-order valence-electron chi connectivity index (χ3n) is 4.29. The molecule has 0 aliphatic carbocycles. The highest BCUT2D eigenvalue weighted by molar-refractivity contribution is 6.01. The molecule has 0 unspecified atom stereocenters. The smallest absolute Gasteiger partial charge is 0.310 e. The van der Waals surface area contributed by atoms with E-state index < -0.39 is 12.1 Å². The Bertz CT molecular complexity index is 775. The highest BCUT2D eigenvalue weighted by atomic mass is 16.5. The van der Waals surface area contributed by atoms with Gasteiger partial charge in [-0.25, -0.2) is 0 Å². The molecule has 0 aliphatic rings. The zero-order valence-electron chi connectivity index (χ0n) is 15.4. The van der Waals surface area contributed by atoms with Crippen molar-refractivity contribution in [1.29, 1.82) is 0 Å². The first-order valence-electron chi connectivity index (χ1n) is 8.26. The van der Waals surface area contributed by atoms with Crippen LogP contribution in [0.3, 0.4) is 0 Å². The van der Waals surface area contributed by atoms with Crippen LogP contribution in [0, 0.1) is 20.8 Å². The molecule has 132 valence electrons. The lowest BCUT2D eigenvalue weighted by Gasteiger charge is -2.15. The Morgan fingerprint density at radius 3 is 2.16 bits per heavy atom. The summed E-state index contributed by atoms with van der Waals surface area (Å²) in [5.41, 5.74) is 4.50. The molecule has 0 N–H and O–H groups in total. The molecule has 2 aromatic rings. The normalized spacial score (nSPS) is 11.7. The van der Waals surface area contributed by atoms with Gasteiger partial charge >= 0.3 is 5.97 Å². The third-order valence-corrected chi connectivity index (χ3v) is 4.29. The van der Waals surface area contributed by atoms with Gasteiger partial charge < -0.3 is 9.47 Å². The number of methoxy groups -OCH3 is 1. The summed E-state index contributed by atoms with van der Waals surface area (Å²) < 4.78 is 10.4. The van der Waals surface area contributed by atoms with Gasteiger partial charge in [-0.3, -0.25) is 9.59 Å². The van der Waals surface area contributed by atoms with Crippen molar-refractivity contribution in [1.82, 2.24) is 0 Å². The van der Waals surface area contributed by atoms with E-state index in [0.29, 0.717) is 5.56 Å². The van der Waals surface area contributed by atoms with Gasteiger partial charge in [0.05, 0.1) is 13.5 Å². The molecule has 2 rings (SSSR count). The Morgan fingerprint density at radius 2 is 1.56 bits per heavy atom. The summed E-state index contributed by atoms with van der Waals surface area (Å²) in [4.78, 5) is 24.7. The fourth-order valence-corrected chi connectivity index (χ4v) is 2.65. The molecule has 4 heteroatoms. The van der Waals surface area contributed by atoms with Gasteiger partial charge in [0.25, 0.3) is 0 Å². The van der Waals surface area contributed by atoms with E-state index in [1.165, 1.54) is 0 Å². The quantitative estimate of drug-likeness (QED) is 0.590. The van der Waals surface area contributed by atoms with Crippen molar-refractivity contribution in [2.24, 2.45) is 0 Å². The van der Waals surface area contributed by atoms with Crippen LogP contribution in [0.5, 0.6) is 5.75 Å². The van der Waals surface area contributed by atoms with E-state index in [2.05, 4.69) is 0 Å².